The molecule has 0 amide bonds. The highest BCUT2D eigenvalue weighted by atomic mass is 16.5. The summed E-state index contributed by atoms with van der Waals surface area (Å²) in [5.74, 6) is 0.810. The molecular weight excluding hydrogens is 262 g/mol. The van der Waals surface area contributed by atoms with Crippen LogP contribution in [0.5, 0.6) is 5.75 Å². The predicted molar refractivity (Wildman–Crippen MR) is 82.8 cm³/mol. The van der Waals surface area contributed by atoms with Gasteiger partial charge in [0.15, 0.2) is 5.78 Å². The summed E-state index contributed by atoms with van der Waals surface area (Å²) < 4.78 is 5.11. The van der Waals surface area contributed by atoms with Gasteiger partial charge in [0.1, 0.15) is 5.75 Å². The Morgan fingerprint density at radius 3 is 2.05 bits per heavy atom. The standard InChI is InChI=1S/C18H19NO2/c1-21-17-9-7-16(8-10-17)18(20)15-5-3-14(4-6-15)13-19-11-2-12-19/h3-10H,2,11-13H2,1H3. The van der Waals surface area contributed by atoms with Gasteiger partial charge in [-0.3, -0.25) is 9.69 Å². The number of ether oxygens (including phenoxy) is 1. The maximum absolute atomic E-state index is 12.4. The third-order valence-corrected chi connectivity index (χ3v) is 3.92. The first-order chi connectivity index (χ1) is 10.3. The van der Waals surface area contributed by atoms with Crippen LogP contribution < -0.4 is 4.74 Å². The maximum atomic E-state index is 12.4. The summed E-state index contributed by atoms with van der Waals surface area (Å²) in [5, 5.41) is 0. The zero-order valence-corrected chi connectivity index (χ0v) is 12.2. The van der Waals surface area contributed by atoms with E-state index in [1.807, 2.05) is 24.3 Å². The van der Waals surface area contributed by atoms with Crippen molar-refractivity contribution in [1.82, 2.24) is 4.90 Å². The lowest BCUT2D eigenvalue weighted by molar-refractivity contribution is 0.103. The van der Waals surface area contributed by atoms with Crippen molar-refractivity contribution in [2.24, 2.45) is 0 Å². The van der Waals surface area contributed by atoms with Crippen molar-refractivity contribution in [1.29, 1.82) is 0 Å². The van der Waals surface area contributed by atoms with E-state index >= 15 is 0 Å². The van der Waals surface area contributed by atoms with Gasteiger partial charge >= 0.3 is 0 Å². The summed E-state index contributed by atoms with van der Waals surface area (Å²) in [5.41, 5.74) is 2.68. The fourth-order valence-electron chi connectivity index (χ4n) is 2.47. The van der Waals surface area contributed by atoms with Crippen LogP contribution in [-0.2, 0) is 6.54 Å². The van der Waals surface area contributed by atoms with Crippen LogP contribution in [0.2, 0.25) is 0 Å². The van der Waals surface area contributed by atoms with Gasteiger partial charge in [-0.2, -0.15) is 0 Å². The molecule has 1 fully saturated rings. The lowest BCUT2D eigenvalue weighted by Gasteiger charge is -2.30. The molecule has 1 aliphatic rings. The molecule has 0 atom stereocenters. The Hall–Kier alpha value is -2.13. The van der Waals surface area contributed by atoms with Gasteiger partial charge in [-0.05, 0) is 49.3 Å². The predicted octanol–water partition coefficient (Wildman–Crippen LogP) is 3.13. The molecule has 0 unspecified atom stereocenters. The van der Waals surface area contributed by atoms with Crippen LogP contribution in [0.15, 0.2) is 48.5 Å². The number of rotatable bonds is 5. The lowest BCUT2D eigenvalue weighted by atomic mass is 10.0. The molecule has 2 aromatic carbocycles. The van der Waals surface area contributed by atoms with Crippen LogP contribution in [0.1, 0.15) is 27.9 Å². The van der Waals surface area contributed by atoms with Crippen molar-refractivity contribution in [2.75, 3.05) is 20.2 Å². The van der Waals surface area contributed by atoms with E-state index < -0.39 is 0 Å². The first-order valence-corrected chi connectivity index (χ1v) is 7.26. The highest BCUT2D eigenvalue weighted by Gasteiger charge is 2.14. The minimum atomic E-state index is 0.0492. The Kier molecular flexibility index (Phi) is 4.02. The molecular formula is C18H19NO2. The van der Waals surface area contributed by atoms with Crippen LogP contribution in [0, 0.1) is 0 Å². The smallest absolute Gasteiger partial charge is 0.193 e. The molecule has 3 rings (SSSR count). The fourth-order valence-corrected chi connectivity index (χ4v) is 2.47. The quantitative estimate of drug-likeness (QED) is 0.789. The topological polar surface area (TPSA) is 29.5 Å². The average molecular weight is 281 g/mol. The van der Waals surface area contributed by atoms with E-state index in [9.17, 15) is 4.79 Å². The molecule has 0 aromatic heterocycles. The van der Waals surface area contributed by atoms with E-state index in [-0.39, 0.29) is 5.78 Å². The molecule has 3 heteroatoms. The molecule has 21 heavy (non-hydrogen) atoms. The van der Waals surface area contributed by atoms with Crippen LogP contribution in [-0.4, -0.2) is 30.9 Å². The van der Waals surface area contributed by atoms with Gasteiger partial charge in [0.25, 0.3) is 0 Å². The van der Waals surface area contributed by atoms with E-state index in [0.717, 1.165) is 17.9 Å². The first-order valence-electron chi connectivity index (χ1n) is 7.26. The van der Waals surface area contributed by atoms with Gasteiger partial charge in [0, 0.05) is 17.7 Å². The normalized spacial score (nSPS) is 14.5. The third kappa shape index (κ3) is 3.14. The minimum absolute atomic E-state index is 0.0492. The zero-order valence-electron chi connectivity index (χ0n) is 12.2. The van der Waals surface area contributed by atoms with Crippen molar-refractivity contribution in [3.8, 4) is 5.75 Å². The summed E-state index contributed by atoms with van der Waals surface area (Å²) in [6, 6.07) is 15.2. The molecule has 0 aliphatic carbocycles. The van der Waals surface area contributed by atoms with Crippen molar-refractivity contribution in [2.45, 2.75) is 13.0 Å². The maximum Gasteiger partial charge on any atom is 0.193 e. The number of hydrogen-bond donors (Lipinski definition) is 0. The van der Waals surface area contributed by atoms with Gasteiger partial charge in [0.2, 0.25) is 0 Å². The molecule has 1 heterocycles. The summed E-state index contributed by atoms with van der Waals surface area (Å²) in [6.45, 7) is 3.36. The molecule has 0 bridgehead atoms. The van der Waals surface area contributed by atoms with E-state index in [2.05, 4.69) is 17.0 Å². The largest absolute Gasteiger partial charge is 0.497 e. The van der Waals surface area contributed by atoms with E-state index in [1.54, 1.807) is 19.2 Å². The Balaban J connectivity index is 1.71. The number of carbonyl (C=O) groups is 1. The number of hydrogen-bond acceptors (Lipinski definition) is 3. The highest BCUT2D eigenvalue weighted by molar-refractivity contribution is 6.09. The van der Waals surface area contributed by atoms with Crippen LogP contribution >= 0.6 is 0 Å². The summed E-state index contributed by atoms with van der Waals surface area (Å²) >= 11 is 0. The van der Waals surface area contributed by atoms with Gasteiger partial charge in [-0.1, -0.05) is 24.3 Å². The summed E-state index contributed by atoms with van der Waals surface area (Å²) in [7, 11) is 1.62. The van der Waals surface area contributed by atoms with Crippen LogP contribution in [0.3, 0.4) is 0 Å². The second kappa shape index (κ2) is 6.10. The molecule has 0 radical (unpaired) electrons. The Labute approximate surface area is 125 Å². The molecule has 0 saturated carbocycles. The highest BCUT2D eigenvalue weighted by Crippen LogP contribution is 2.17. The first kappa shape index (κ1) is 13.8. The average Bonchev–Trinajstić information content (AvgIpc) is 2.51. The van der Waals surface area contributed by atoms with Crippen LogP contribution in [0.25, 0.3) is 0 Å². The van der Waals surface area contributed by atoms with Crippen molar-refractivity contribution >= 4 is 5.78 Å². The number of methoxy groups -OCH3 is 1. The molecule has 1 saturated heterocycles. The number of nitrogens with zero attached hydrogens (tertiary/aromatic N) is 1. The molecule has 0 spiro atoms. The summed E-state index contributed by atoms with van der Waals surface area (Å²) in [4.78, 5) is 14.8. The SMILES string of the molecule is COc1ccc(C(=O)c2ccc(CN3CCC3)cc2)cc1. The second-order valence-electron chi connectivity index (χ2n) is 5.38. The number of benzene rings is 2. The van der Waals surface area contributed by atoms with Crippen LogP contribution in [0.4, 0.5) is 0 Å². The minimum Gasteiger partial charge on any atom is -0.497 e. The lowest BCUT2D eigenvalue weighted by Crippen LogP contribution is -2.36. The van der Waals surface area contributed by atoms with E-state index in [1.165, 1.54) is 25.1 Å². The summed E-state index contributed by atoms with van der Waals surface area (Å²) in [6.07, 6.45) is 1.30. The Morgan fingerprint density at radius 1 is 1.00 bits per heavy atom. The molecule has 108 valence electrons. The van der Waals surface area contributed by atoms with Crippen molar-refractivity contribution in [3.63, 3.8) is 0 Å². The number of carbonyl (C=O) groups excluding carboxylic acids is 1. The van der Waals surface area contributed by atoms with Crippen molar-refractivity contribution < 1.29 is 9.53 Å². The van der Waals surface area contributed by atoms with Gasteiger partial charge in [-0.15, -0.1) is 0 Å². The monoisotopic (exact) mass is 281 g/mol. The fraction of sp³-hybridized carbons (Fsp3) is 0.278. The van der Waals surface area contributed by atoms with Crippen molar-refractivity contribution in [3.05, 3.63) is 65.2 Å². The van der Waals surface area contributed by atoms with Gasteiger partial charge < -0.3 is 4.74 Å². The second-order valence-corrected chi connectivity index (χ2v) is 5.38. The Morgan fingerprint density at radius 2 is 1.57 bits per heavy atom. The molecule has 2 aromatic rings. The molecule has 0 N–H and O–H groups in total. The third-order valence-electron chi connectivity index (χ3n) is 3.92. The number of ketones is 1. The Bertz CT molecular complexity index is 613. The zero-order chi connectivity index (χ0) is 14.7. The number of likely N-dealkylation sites (tertiary alicyclic amines) is 1. The van der Waals surface area contributed by atoms with E-state index in [4.69, 9.17) is 4.74 Å². The molecule has 3 nitrogen and oxygen atoms in total. The van der Waals surface area contributed by atoms with Gasteiger partial charge in [0.05, 0.1) is 7.11 Å². The van der Waals surface area contributed by atoms with E-state index in [0.29, 0.717) is 5.56 Å². The molecule has 1 aliphatic heterocycles. The van der Waals surface area contributed by atoms with Gasteiger partial charge in [-0.25, -0.2) is 0 Å².